The average Bonchev–Trinajstić information content (AvgIpc) is 3.32. The van der Waals surface area contributed by atoms with Crippen molar-refractivity contribution in [2.75, 3.05) is 26.2 Å². The minimum absolute atomic E-state index is 0.103. The average molecular weight is 410 g/mol. The molecule has 2 amide bonds. The van der Waals surface area contributed by atoms with Gasteiger partial charge in [-0.2, -0.15) is 0 Å². The first-order chi connectivity index (χ1) is 14.5. The van der Waals surface area contributed by atoms with E-state index in [0.717, 1.165) is 4.90 Å². The summed E-state index contributed by atoms with van der Waals surface area (Å²) >= 11 is 0. The number of benzene rings is 2. The molecule has 0 aromatic heterocycles. The lowest BCUT2D eigenvalue weighted by Crippen LogP contribution is -2.34. The van der Waals surface area contributed by atoms with Crippen LogP contribution in [0.1, 0.15) is 15.9 Å². The molecule has 9 nitrogen and oxygen atoms in total. The maximum Gasteiger partial charge on any atom is 0.339 e. The lowest BCUT2D eigenvalue weighted by Gasteiger charge is -2.18. The first kappa shape index (κ1) is 19.4. The van der Waals surface area contributed by atoms with Crippen molar-refractivity contribution in [1.82, 2.24) is 0 Å². The molecule has 0 N–H and O–H groups in total. The fourth-order valence-corrected chi connectivity index (χ4v) is 3.60. The Hall–Kier alpha value is -3.88. The van der Waals surface area contributed by atoms with Gasteiger partial charge in [0.15, 0.2) is 11.5 Å². The summed E-state index contributed by atoms with van der Waals surface area (Å²) < 4.78 is 15.3. The number of nitrogens with zero attached hydrogens (tertiary/aromatic N) is 2. The van der Waals surface area contributed by atoms with Crippen molar-refractivity contribution in [3.8, 4) is 11.5 Å². The van der Waals surface area contributed by atoms with Gasteiger partial charge in [-0.05, 0) is 30.3 Å². The summed E-state index contributed by atoms with van der Waals surface area (Å²) in [4.78, 5) is 44.6. The van der Waals surface area contributed by atoms with E-state index in [2.05, 4.69) is 5.16 Å². The highest BCUT2D eigenvalue weighted by Gasteiger charge is 2.56. The molecule has 0 spiro atoms. The number of methoxy groups -OCH3 is 3. The molecule has 4 rings (SSSR count). The summed E-state index contributed by atoms with van der Waals surface area (Å²) in [7, 11) is 4.24. The van der Waals surface area contributed by atoms with Crippen LogP contribution in [0.25, 0.3) is 0 Å². The molecule has 1 saturated heterocycles. The molecule has 2 aromatic rings. The summed E-state index contributed by atoms with van der Waals surface area (Å²) in [6.45, 7) is 0. The monoisotopic (exact) mass is 410 g/mol. The SMILES string of the molecule is COC(=O)c1ccccc1N1C(=O)[C@@H]2C(c3ccc(OC)c(OC)c3)=NO[C@@H]2C1=O. The number of anilines is 1. The van der Waals surface area contributed by atoms with Gasteiger partial charge in [0.1, 0.15) is 11.6 Å². The Bertz CT molecular complexity index is 1080. The third kappa shape index (κ3) is 2.86. The number of para-hydroxylation sites is 1. The summed E-state index contributed by atoms with van der Waals surface area (Å²) in [5.74, 6) is -1.77. The van der Waals surface area contributed by atoms with Crippen molar-refractivity contribution in [2.24, 2.45) is 11.1 Å². The fourth-order valence-electron chi connectivity index (χ4n) is 3.60. The van der Waals surface area contributed by atoms with Gasteiger partial charge in [0.05, 0.1) is 32.6 Å². The van der Waals surface area contributed by atoms with Gasteiger partial charge in [-0.25, -0.2) is 9.69 Å². The number of amides is 2. The second kappa shape index (κ2) is 7.51. The van der Waals surface area contributed by atoms with Gasteiger partial charge >= 0.3 is 5.97 Å². The Morgan fingerprint density at radius 1 is 1.00 bits per heavy atom. The van der Waals surface area contributed by atoms with Gasteiger partial charge in [0, 0.05) is 5.56 Å². The molecule has 2 aliphatic heterocycles. The number of ether oxygens (including phenoxy) is 3. The number of oxime groups is 1. The number of carbonyl (C=O) groups excluding carboxylic acids is 3. The molecule has 0 unspecified atom stereocenters. The molecule has 0 radical (unpaired) electrons. The zero-order chi connectivity index (χ0) is 21.4. The molecule has 30 heavy (non-hydrogen) atoms. The van der Waals surface area contributed by atoms with Crippen LogP contribution in [0, 0.1) is 5.92 Å². The molecular weight excluding hydrogens is 392 g/mol. The van der Waals surface area contributed by atoms with Crippen molar-refractivity contribution in [1.29, 1.82) is 0 Å². The highest BCUT2D eigenvalue weighted by atomic mass is 16.7. The van der Waals surface area contributed by atoms with E-state index < -0.39 is 29.8 Å². The number of esters is 1. The predicted octanol–water partition coefficient (Wildman–Crippen LogP) is 1.78. The van der Waals surface area contributed by atoms with Crippen molar-refractivity contribution >= 4 is 29.2 Å². The first-order valence-electron chi connectivity index (χ1n) is 9.03. The number of hydrogen-bond donors (Lipinski definition) is 0. The number of fused-ring (bicyclic) bond motifs is 1. The van der Waals surface area contributed by atoms with Crippen LogP contribution in [0.4, 0.5) is 5.69 Å². The van der Waals surface area contributed by atoms with Crippen LogP contribution in [-0.4, -0.2) is 50.9 Å². The fraction of sp³-hybridized carbons (Fsp3) is 0.238. The smallest absolute Gasteiger partial charge is 0.339 e. The summed E-state index contributed by atoms with van der Waals surface area (Å²) in [6.07, 6.45) is -1.11. The standard InChI is InChI=1S/C21H18N2O7/c1-27-14-9-8-11(10-15(14)28-2)17-16-18(30-22-17)20(25)23(19(16)24)13-7-5-4-6-12(13)21(26)29-3/h4-10,16,18H,1-3H3/t16-,18+/m1/s1. The van der Waals surface area contributed by atoms with Crippen molar-refractivity contribution in [3.05, 3.63) is 53.6 Å². The lowest BCUT2D eigenvalue weighted by atomic mass is 9.94. The Morgan fingerprint density at radius 3 is 2.43 bits per heavy atom. The molecular formula is C21H18N2O7. The molecule has 0 saturated carbocycles. The van der Waals surface area contributed by atoms with Gasteiger partial charge in [0.2, 0.25) is 12.0 Å². The molecule has 2 heterocycles. The van der Waals surface area contributed by atoms with Crippen LogP contribution in [-0.2, 0) is 19.2 Å². The molecule has 2 atom stereocenters. The molecule has 2 aliphatic rings. The third-order valence-corrected chi connectivity index (χ3v) is 5.04. The van der Waals surface area contributed by atoms with Crippen LogP contribution < -0.4 is 14.4 Å². The Balaban J connectivity index is 1.72. The van der Waals surface area contributed by atoms with Gasteiger partial charge in [-0.3, -0.25) is 9.59 Å². The molecule has 154 valence electrons. The second-order valence-electron chi connectivity index (χ2n) is 6.57. The zero-order valence-corrected chi connectivity index (χ0v) is 16.4. The van der Waals surface area contributed by atoms with Crippen LogP contribution in [0.5, 0.6) is 11.5 Å². The van der Waals surface area contributed by atoms with E-state index in [4.69, 9.17) is 19.0 Å². The number of hydrogen-bond acceptors (Lipinski definition) is 8. The second-order valence-corrected chi connectivity index (χ2v) is 6.57. The Labute approximate surface area is 171 Å². The molecule has 9 heteroatoms. The summed E-state index contributed by atoms with van der Waals surface area (Å²) in [6, 6.07) is 11.3. The van der Waals surface area contributed by atoms with Gasteiger partial charge in [0.25, 0.3) is 5.91 Å². The highest BCUT2D eigenvalue weighted by Crippen LogP contribution is 2.38. The van der Waals surface area contributed by atoms with Crippen molar-refractivity contribution in [3.63, 3.8) is 0 Å². The van der Waals surface area contributed by atoms with E-state index in [1.807, 2.05) is 0 Å². The summed E-state index contributed by atoms with van der Waals surface area (Å²) in [5, 5.41) is 3.98. The largest absolute Gasteiger partial charge is 0.493 e. The van der Waals surface area contributed by atoms with E-state index in [0.29, 0.717) is 22.8 Å². The van der Waals surface area contributed by atoms with Gasteiger partial charge < -0.3 is 19.0 Å². The minimum Gasteiger partial charge on any atom is -0.493 e. The highest BCUT2D eigenvalue weighted by molar-refractivity contribution is 6.33. The Kier molecular flexibility index (Phi) is 4.86. The molecule has 2 aromatic carbocycles. The molecule has 0 aliphatic carbocycles. The van der Waals surface area contributed by atoms with Gasteiger partial charge in [-0.15, -0.1) is 0 Å². The van der Waals surface area contributed by atoms with E-state index in [1.54, 1.807) is 30.3 Å². The van der Waals surface area contributed by atoms with Crippen LogP contribution in [0.15, 0.2) is 47.6 Å². The van der Waals surface area contributed by atoms with E-state index >= 15 is 0 Å². The van der Waals surface area contributed by atoms with E-state index in [1.165, 1.54) is 33.5 Å². The number of imide groups is 1. The van der Waals surface area contributed by atoms with Crippen molar-refractivity contribution in [2.45, 2.75) is 6.10 Å². The molecule has 0 bridgehead atoms. The predicted molar refractivity (Wildman–Crippen MR) is 105 cm³/mol. The topological polar surface area (TPSA) is 104 Å². The van der Waals surface area contributed by atoms with E-state index in [-0.39, 0.29) is 11.3 Å². The third-order valence-electron chi connectivity index (χ3n) is 5.04. The zero-order valence-electron chi connectivity index (χ0n) is 16.4. The number of rotatable bonds is 5. The van der Waals surface area contributed by atoms with Gasteiger partial charge in [-0.1, -0.05) is 17.3 Å². The van der Waals surface area contributed by atoms with Crippen LogP contribution >= 0.6 is 0 Å². The van der Waals surface area contributed by atoms with Crippen LogP contribution in [0.2, 0.25) is 0 Å². The number of carbonyl (C=O) groups is 3. The van der Waals surface area contributed by atoms with Crippen LogP contribution in [0.3, 0.4) is 0 Å². The minimum atomic E-state index is -1.11. The normalized spacial score (nSPS) is 19.8. The first-order valence-corrected chi connectivity index (χ1v) is 9.03. The quantitative estimate of drug-likeness (QED) is 0.547. The van der Waals surface area contributed by atoms with E-state index in [9.17, 15) is 14.4 Å². The molecule has 1 fully saturated rings. The lowest BCUT2D eigenvalue weighted by molar-refractivity contribution is -0.126. The van der Waals surface area contributed by atoms with Crippen molar-refractivity contribution < 1.29 is 33.4 Å². The Morgan fingerprint density at radius 2 is 1.73 bits per heavy atom. The maximum atomic E-state index is 13.3. The summed E-state index contributed by atoms with van der Waals surface area (Å²) in [5.41, 5.74) is 1.11. The maximum absolute atomic E-state index is 13.3.